The fourth-order valence-corrected chi connectivity index (χ4v) is 4.73. The number of hydrogen-bond donors (Lipinski definition) is 1. The van der Waals surface area contributed by atoms with E-state index >= 15 is 0 Å². The van der Waals surface area contributed by atoms with Gasteiger partial charge in [0.05, 0.1) is 30.9 Å². The summed E-state index contributed by atoms with van der Waals surface area (Å²) in [6, 6.07) is 10.1. The second-order valence-corrected chi connectivity index (χ2v) is 9.50. The molecule has 1 amide bonds. The van der Waals surface area contributed by atoms with Crippen LogP contribution in [0, 0.1) is 12.7 Å². The first-order valence-electron chi connectivity index (χ1n) is 12.4. The van der Waals surface area contributed by atoms with E-state index in [2.05, 4.69) is 4.90 Å². The highest BCUT2D eigenvalue weighted by atomic mass is 19.1. The monoisotopic (exact) mass is 496 g/mol. The van der Waals surface area contributed by atoms with Crippen LogP contribution in [0.4, 0.5) is 4.39 Å². The summed E-state index contributed by atoms with van der Waals surface area (Å²) in [5.74, 6) is -1.39. The van der Waals surface area contributed by atoms with E-state index in [9.17, 15) is 19.1 Å². The number of morpholine rings is 1. The van der Waals surface area contributed by atoms with Gasteiger partial charge in [0.2, 0.25) is 0 Å². The van der Waals surface area contributed by atoms with E-state index < -0.39 is 23.5 Å². The third-order valence-corrected chi connectivity index (χ3v) is 6.51. The van der Waals surface area contributed by atoms with E-state index in [1.807, 2.05) is 20.8 Å². The number of hydrogen-bond acceptors (Lipinski definition) is 6. The number of nitrogens with zero attached hydrogens (tertiary/aromatic N) is 2. The van der Waals surface area contributed by atoms with Crippen molar-refractivity contribution in [3.8, 4) is 5.75 Å². The molecule has 1 N–H and O–H groups in total. The summed E-state index contributed by atoms with van der Waals surface area (Å²) in [4.78, 5) is 30.1. The van der Waals surface area contributed by atoms with Crippen molar-refractivity contribution in [3.05, 3.63) is 70.5 Å². The minimum Gasteiger partial charge on any atom is -0.507 e. The summed E-state index contributed by atoms with van der Waals surface area (Å²) in [5.41, 5.74) is 1.79. The second kappa shape index (κ2) is 11.2. The average molecular weight is 497 g/mol. The molecule has 7 nitrogen and oxygen atoms in total. The summed E-state index contributed by atoms with van der Waals surface area (Å²) in [5, 5.41) is 11.3. The number of aliphatic hydroxyl groups is 1. The SMILES string of the molecule is Cc1cc(/C(O)=C2\C(=O)C(=O)N(CCCN3CCOCC3)[C@@H]2c2ccc(F)cc2)ccc1OC(C)C. The number of Topliss-reactive ketones (excluding diaryl/α,β-unsaturated/α-hetero) is 1. The van der Waals surface area contributed by atoms with Gasteiger partial charge in [0.15, 0.2) is 0 Å². The highest BCUT2D eigenvalue weighted by Crippen LogP contribution is 2.40. The lowest BCUT2D eigenvalue weighted by Gasteiger charge is -2.29. The molecule has 2 saturated heterocycles. The third kappa shape index (κ3) is 5.60. The smallest absolute Gasteiger partial charge is 0.295 e. The Balaban J connectivity index is 1.67. The maximum Gasteiger partial charge on any atom is 0.295 e. The molecular weight excluding hydrogens is 463 g/mol. The van der Waals surface area contributed by atoms with Crippen LogP contribution in [-0.4, -0.2) is 72.1 Å². The first-order chi connectivity index (χ1) is 17.3. The van der Waals surface area contributed by atoms with Gasteiger partial charge in [-0.1, -0.05) is 12.1 Å². The number of halogens is 1. The molecule has 0 aromatic heterocycles. The molecule has 0 bridgehead atoms. The number of ether oxygens (including phenoxy) is 2. The van der Waals surface area contributed by atoms with E-state index in [4.69, 9.17) is 9.47 Å². The number of carbonyl (C=O) groups excluding carboxylic acids is 2. The minimum atomic E-state index is -0.804. The zero-order chi connectivity index (χ0) is 25.8. The van der Waals surface area contributed by atoms with Crippen LogP contribution in [0.5, 0.6) is 5.75 Å². The van der Waals surface area contributed by atoms with Crippen LogP contribution in [0.2, 0.25) is 0 Å². The molecule has 0 saturated carbocycles. The fourth-order valence-electron chi connectivity index (χ4n) is 4.73. The summed E-state index contributed by atoms with van der Waals surface area (Å²) in [6.07, 6.45) is 0.648. The molecule has 2 aliphatic rings. The molecule has 8 heteroatoms. The van der Waals surface area contributed by atoms with Crippen molar-refractivity contribution in [1.82, 2.24) is 9.80 Å². The molecule has 0 aliphatic carbocycles. The Hall–Kier alpha value is -3.23. The summed E-state index contributed by atoms with van der Waals surface area (Å²) in [7, 11) is 0. The summed E-state index contributed by atoms with van der Waals surface area (Å²) in [6.45, 7) is 9.83. The zero-order valence-electron chi connectivity index (χ0n) is 21.0. The normalized spacial score (nSPS) is 20.4. The number of carbonyl (C=O) groups is 2. The van der Waals surface area contributed by atoms with E-state index in [-0.39, 0.29) is 17.4 Å². The summed E-state index contributed by atoms with van der Waals surface area (Å²) >= 11 is 0. The highest BCUT2D eigenvalue weighted by Gasteiger charge is 2.45. The highest BCUT2D eigenvalue weighted by molar-refractivity contribution is 6.46. The minimum absolute atomic E-state index is 0.00917. The fraction of sp³-hybridized carbons (Fsp3) is 0.429. The van der Waals surface area contributed by atoms with Crippen molar-refractivity contribution >= 4 is 17.4 Å². The van der Waals surface area contributed by atoms with Gasteiger partial charge in [-0.3, -0.25) is 14.5 Å². The van der Waals surface area contributed by atoms with Gasteiger partial charge in [-0.25, -0.2) is 4.39 Å². The number of amides is 1. The largest absolute Gasteiger partial charge is 0.507 e. The van der Waals surface area contributed by atoms with Crippen molar-refractivity contribution < 1.29 is 28.6 Å². The molecular formula is C28H33FN2O5. The molecule has 2 fully saturated rings. The molecule has 0 radical (unpaired) electrons. The molecule has 1 atom stereocenters. The van der Waals surface area contributed by atoms with E-state index in [1.165, 1.54) is 17.0 Å². The average Bonchev–Trinajstić information content (AvgIpc) is 3.11. The first-order valence-corrected chi connectivity index (χ1v) is 12.4. The Morgan fingerprint density at radius 3 is 2.44 bits per heavy atom. The Morgan fingerprint density at radius 1 is 1.11 bits per heavy atom. The molecule has 2 heterocycles. The van der Waals surface area contributed by atoms with Crippen molar-refractivity contribution in [2.75, 3.05) is 39.4 Å². The zero-order valence-corrected chi connectivity index (χ0v) is 21.0. The molecule has 0 spiro atoms. The molecule has 192 valence electrons. The van der Waals surface area contributed by atoms with Crippen LogP contribution in [0.15, 0.2) is 48.0 Å². The van der Waals surface area contributed by atoms with E-state index in [1.54, 1.807) is 30.3 Å². The Kier molecular flexibility index (Phi) is 8.06. The lowest BCUT2D eigenvalue weighted by atomic mass is 9.94. The molecule has 36 heavy (non-hydrogen) atoms. The van der Waals surface area contributed by atoms with Gasteiger partial charge in [0.1, 0.15) is 17.3 Å². The third-order valence-electron chi connectivity index (χ3n) is 6.51. The van der Waals surface area contributed by atoms with Gasteiger partial charge in [0.25, 0.3) is 11.7 Å². The van der Waals surface area contributed by atoms with Crippen LogP contribution in [-0.2, 0) is 14.3 Å². The molecule has 2 aromatic rings. The van der Waals surface area contributed by atoms with Crippen LogP contribution < -0.4 is 4.74 Å². The van der Waals surface area contributed by atoms with Crippen molar-refractivity contribution in [2.45, 2.75) is 39.3 Å². The van der Waals surface area contributed by atoms with Crippen LogP contribution in [0.1, 0.15) is 43.0 Å². The molecule has 2 aliphatic heterocycles. The predicted molar refractivity (Wildman–Crippen MR) is 134 cm³/mol. The number of aryl methyl sites for hydroxylation is 1. The molecule has 0 unspecified atom stereocenters. The first kappa shape index (κ1) is 25.9. The number of ketones is 1. The summed E-state index contributed by atoms with van der Waals surface area (Å²) < 4.78 is 24.9. The Labute approximate surface area is 211 Å². The number of rotatable bonds is 8. The Morgan fingerprint density at radius 2 is 1.81 bits per heavy atom. The van der Waals surface area contributed by atoms with E-state index in [0.29, 0.717) is 43.1 Å². The van der Waals surface area contributed by atoms with Gasteiger partial charge in [-0.15, -0.1) is 0 Å². The second-order valence-electron chi connectivity index (χ2n) is 9.50. The van der Waals surface area contributed by atoms with Crippen molar-refractivity contribution in [1.29, 1.82) is 0 Å². The topological polar surface area (TPSA) is 79.3 Å². The maximum atomic E-state index is 13.7. The van der Waals surface area contributed by atoms with Gasteiger partial charge in [-0.2, -0.15) is 0 Å². The van der Waals surface area contributed by atoms with Gasteiger partial charge < -0.3 is 19.5 Å². The molecule has 4 rings (SSSR count). The van der Waals surface area contributed by atoms with Crippen molar-refractivity contribution in [3.63, 3.8) is 0 Å². The van der Waals surface area contributed by atoms with Crippen LogP contribution in [0.3, 0.4) is 0 Å². The number of aliphatic hydroxyl groups excluding tert-OH is 1. The van der Waals surface area contributed by atoms with Crippen LogP contribution >= 0.6 is 0 Å². The lowest BCUT2D eigenvalue weighted by Crippen LogP contribution is -2.38. The van der Waals surface area contributed by atoms with Crippen LogP contribution in [0.25, 0.3) is 5.76 Å². The van der Waals surface area contributed by atoms with E-state index in [0.717, 1.165) is 25.2 Å². The van der Waals surface area contributed by atoms with Crippen molar-refractivity contribution in [2.24, 2.45) is 0 Å². The maximum absolute atomic E-state index is 13.7. The number of likely N-dealkylation sites (tertiary alicyclic amines) is 1. The standard InChI is InChI=1S/C28H33FN2O5/c1-18(2)36-23-10-7-21(17-19(23)3)26(32)24-25(20-5-8-22(29)9-6-20)31(28(34)27(24)33)12-4-11-30-13-15-35-16-14-30/h5-10,17-18,25,32H,4,11-16H2,1-3H3/b26-24+/t25-/m1/s1. The lowest BCUT2D eigenvalue weighted by molar-refractivity contribution is -0.140. The molecule has 2 aromatic carbocycles. The van der Waals surface area contributed by atoms with Gasteiger partial charge in [-0.05, 0) is 68.7 Å². The van der Waals surface area contributed by atoms with Gasteiger partial charge in [0, 0.05) is 31.7 Å². The van der Waals surface area contributed by atoms with Gasteiger partial charge >= 0.3 is 0 Å². The quantitative estimate of drug-likeness (QED) is 0.337. The predicted octanol–water partition coefficient (Wildman–Crippen LogP) is 4.07. The number of benzene rings is 2. The Bertz CT molecular complexity index is 1140.